The van der Waals surface area contributed by atoms with Crippen molar-refractivity contribution in [3.05, 3.63) is 38.0 Å². The quantitative estimate of drug-likeness (QED) is 0.504. The van der Waals surface area contributed by atoms with Crippen molar-refractivity contribution < 1.29 is 19.5 Å². The normalized spacial score (nSPS) is 6.00. The van der Waals surface area contributed by atoms with Crippen molar-refractivity contribution in [2.75, 3.05) is 0 Å². The minimum absolute atomic E-state index is 0.481. The van der Waals surface area contributed by atoms with E-state index in [0.717, 1.165) is 12.2 Å². The Morgan fingerprint density at radius 1 is 1.14 bits per heavy atom. The number of nitrogens with two attached hydrogens (primary N) is 1. The summed E-state index contributed by atoms with van der Waals surface area (Å²) in [6, 6.07) is 0. The lowest BCUT2D eigenvalue weighted by atomic mass is 10.6. The average molecular weight is 199 g/mol. The number of carbonyl (C=O) groups is 3. The van der Waals surface area contributed by atoms with Crippen LogP contribution in [0, 0.1) is 0 Å². The Balaban J connectivity index is -0.000000131. The first-order chi connectivity index (χ1) is 6.45. The minimum Gasteiger partial charge on any atom is -0.478 e. The van der Waals surface area contributed by atoms with Crippen LogP contribution in [0.3, 0.4) is 0 Å². The molecule has 5 heteroatoms. The largest absolute Gasteiger partial charge is 0.478 e. The van der Waals surface area contributed by atoms with Gasteiger partial charge in [0.1, 0.15) is 6.29 Å². The molecule has 0 radical (unpaired) electrons. The van der Waals surface area contributed by atoms with E-state index < -0.39 is 11.9 Å². The van der Waals surface area contributed by atoms with Crippen molar-refractivity contribution in [2.24, 2.45) is 5.73 Å². The molecule has 0 atom stereocenters. The highest BCUT2D eigenvalue weighted by atomic mass is 16.4. The Kier molecular flexibility index (Phi) is 21.7. The van der Waals surface area contributed by atoms with E-state index >= 15 is 0 Å². The molecule has 0 saturated carbocycles. The third-order valence-electron chi connectivity index (χ3n) is 0.472. The summed E-state index contributed by atoms with van der Waals surface area (Å²) in [6.07, 6.45) is 3.72. The molecule has 0 aliphatic heterocycles. The molecule has 0 heterocycles. The molecule has 0 saturated heterocycles. The zero-order valence-electron chi connectivity index (χ0n) is 7.68. The monoisotopic (exact) mass is 199 g/mol. The number of hydrogen-bond acceptors (Lipinski definition) is 3. The second-order valence-electron chi connectivity index (χ2n) is 1.52. The fourth-order valence-corrected chi connectivity index (χ4v) is 0. The fraction of sp³-hybridized carbons (Fsp3) is 0. The SMILES string of the molecule is C=CC(=O)O.C=CC(N)=O.C=CC=O. The highest BCUT2D eigenvalue weighted by molar-refractivity contribution is 5.84. The molecule has 0 spiro atoms. The molecule has 0 bridgehead atoms. The summed E-state index contributed by atoms with van der Waals surface area (Å²) in [5.74, 6) is -1.46. The van der Waals surface area contributed by atoms with E-state index in [4.69, 9.17) is 9.90 Å². The summed E-state index contributed by atoms with van der Waals surface area (Å²) in [4.78, 5) is 27.8. The maximum atomic E-state index is 9.47. The summed E-state index contributed by atoms with van der Waals surface area (Å²) < 4.78 is 0. The van der Waals surface area contributed by atoms with Crippen molar-refractivity contribution in [1.82, 2.24) is 0 Å². The summed E-state index contributed by atoms with van der Waals surface area (Å²) in [5, 5.41) is 7.60. The number of amides is 1. The molecule has 14 heavy (non-hydrogen) atoms. The number of aldehydes is 1. The van der Waals surface area contributed by atoms with Gasteiger partial charge < -0.3 is 10.8 Å². The number of allylic oxidation sites excluding steroid dienone is 1. The van der Waals surface area contributed by atoms with E-state index in [1.165, 1.54) is 6.08 Å². The van der Waals surface area contributed by atoms with Crippen LogP contribution in [0.25, 0.3) is 0 Å². The molecule has 0 unspecified atom stereocenters. The van der Waals surface area contributed by atoms with E-state index in [2.05, 4.69) is 25.5 Å². The van der Waals surface area contributed by atoms with Gasteiger partial charge in [0, 0.05) is 6.08 Å². The summed E-state index contributed by atoms with van der Waals surface area (Å²) in [7, 11) is 0. The van der Waals surface area contributed by atoms with Gasteiger partial charge in [0.25, 0.3) is 0 Å². The molecule has 0 fully saturated rings. The van der Waals surface area contributed by atoms with Crippen molar-refractivity contribution in [3.8, 4) is 0 Å². The molecule has 0 aliphatic rings. The first kappa shape index (κ1) is 17.8. The van der Waals surface area contributed by atoms with Crippen LogP contribution in [0.15, 0.2) is 38.0 Å². The standard InChI is InChI=1S/C3H5NO.C3H4O2.C3H4O/c2*1-2-3(4)5;1-2-3-4/h2H,1H2,(H2,4,5);2H,1H2,(H,4,5);2-3H,1H2. The van der Waals surface area contributed by atoms with Gasteiger partial charge in [0.15, 0.2) is 0 Å². The minimum atomic E-state index is -0.981. The van der Waals surface area contributed by atoms with Crippen LogP contribution in [0.5, 0.6) is 0 Å². The predicted octanol–water partition coefficient (Wildman–Crippen LogP) is 0.286. The predicted molar refractivity (Wildman–Crippen MR) is 53.5 cm³/mol. The van der Waals surface area contributed by atoms with Gasteiger partial charge in [0.2, 0.25) is 5.91 Å². The van der Waals surface area contributed by atoms with Crippen molar-refractivity contribution in [2.45, 2.75) is 0 Å². The second kappa shape index (κ2) is 17.1. The van der Waals surface area contributed by atoms with Crippen LogP contribution in [-0.4, -0.2) is 23.3 Å². The van der Waals surface area contributed by atoms with Gasteiger partial charge in [-0.05, 0) is 12.2 Å². The molecule has 78 valence electrons. The van der Waals surface area contributed by atoms with Gasteiger partial charge in [0.05, 0.1) is 0 Å². The number of carboxylic acids is 1. The number of carboxylic acid groups (broad SMARTS) is 1. The van der Waals surface area contributed by atoms with E-state index in [9.17, 15) is 9.59 Å². The Hall–Kier alpha value is -2.17. The van der Waals surface area contributed by atoms with Crippen LogP contribution in [-0.2, 0) is 14.4 Å². The van der Waals surface area contributed by atoms with E-state index in [-0.39, 0.29) is 0 Å². The second-order valence-corrected chi connectivity index (χ2v) is 1.52. The molecule has 0 aromatic heterocycles. The molecule has 0 aliphatic carbocycles. The zero-order valence-corrected chi connectivity index (χ0v) is 7.68. The van der Waals surface area contributed by atoms with Crippen molar-refractivity contribution in [3.63, 3.8) is 0 Å². The van der Waals surface area contributed by atoms with E-state index in [1.807, 2.05) is 0 Å². The lowest BCUT2D eigenvalue weighted by Crippen LogP contribution is -2.04. The highest BCUT2D eigenvalue weighted by Crippen LogP contribution is 1.54. The lowest BCUT2D eigenvalue weighted by Gasteiger charge is -1.65. The maximum Gasteiger partial charge on any atom is 0.327 e. The maximum absolute atomic E-state index is 9.47. The summed E-state index contributed by atoms with van der Waals surface area (Å²) in [6.45, 7) is 9.16. The van der Waals surface area contributed by atoms with Crippen molar-refractivity contribution >= 4 is 18.2 Å². The van der Waals surface area contributed by atoms with E-state index in [0.29, 0.717) is 6.29 Å². The van der Waals surface area contributed by atoms with Crippen LogP contribution in [0.4, 0.5) is 0 Å². The number of primary amides is 1. The first-order valence-electron chi connectivity index (χ1n) is 3.29. The average Bonchev–Trinajstić information content (AvgIpc) is 2.19. The first-order valence-corrected chi connectivity index (χ1v) is 3.29. The van der Waals surface area contributed by atoms with Crippen LogP contribution < -0.4 is 5.73 Å². The van der Waals surface area contributed by atoms with Gasteiger partial charge in [-0.2, -0.15) is 0 Å². The molecule has 0 aromatic rings. The molecular formula is C9H13NO4. The highest BCUT2D eigenvalue weighted by Gasteiger charge is 1.73. The van der Waals surface area contributed by atoms with Gasteiger partial charge in [-0.15, -0.1) is 0 Å². The van der Waals surface area contributed by atoms with Crippen molar-refractivity contribution in [1.29, 1.82) is 0 Å². The Morgan fingerprint density at radius 3 is 1.36 bits per heavy atom. The molecule has 3 N–H and O–H groups in total. The molecular weight excluding hydrogens is 186 g/mol. The summed E-state index contributed by atoms with van der Waals surface area (Å²) >= 11 is 0. The topological polar surface area (TPSA) is 97.5 Å². The number of carbonyl (C=O) groups excluding carboxylic acids is 2. The van der Waals surface area contributed by atoms with Gasteiger partial charge >= 0.3 is 5.97 Å². The van der Waals surface area contributed by atoms with Gasteiger partial charge in [-0.25, -0.2) is 4.79 Å². The smallest absolute Gasteiger partial charge is 0.327 e. The number of hydrogen-bond donors (Lipinski definition) is 2. The Morgan fingerprint density at radius 2 is 1.36 bits per heavy atom. The number of rotatable bonds is 3. The Labute approximate surface area is 82.2 Å². The molecule has 0 rings (SSSR count). The third-order valence-corrected chi connectivity index (χ3v) is 0.472. The molecule has 1 amide bonds. The van der Waals surface area contributed by atoms with Gasteiger partial charge in [-0.3, -0.25) is 9.59 Å². The third kappa shape index (κ3) is 95.7. The fourth-order valence-electron chi connectivity index (χ4n) is 0. The lowest BCUT2D eigenvalue weighted by molar-refractivity contribution is -0.131. The van der Waals surface area contributed by atoms with Crippen LogP contribution >= 0.6 is 0 Å². The number of aliphatic carboxylic acids is 1. The Bertz CT molecular complexity index is 197. The van der Waals surface area contributed by atoms with Crippen LogP contribution in [0.2, 0.25) is 0 Å². The summed E-state index contributed by atoms with van der Waals surface area (Å²) in [5.41, 5.74) is 4.53. The zero-order chi connectivity index (χ0) is 12.0. The van der Waals surface area contributed by atoms with E-state index in [1.54, 1.807) is 0 Å². The molecule has 0 aromatic carbocycles. The van der Waals surface area contributed by atoms with Gasteiger partial charge in [-0.1, -0.05) is 19.7 Å². The molecule has 5 nitrogen and oxygen atoms in total. The van der Waals surface area contributed by atoms with Crippen LogP contribution in [0.1, 0.15) is 0 Å².